The minimum Gasteiger partial charge on any atom is -0.481 e. The maximum Gasteiger partial charge on any atom is 0.303 e. The first-order valence-electron chi connectivity index (χ1n) is 5.28. The molecule has 1 aromatic carbocycles. The number of benzene rings is 1. The molecule has 0 aliphatic carbocycles. The predicted molar refractivity (Wildman–Crippen MR) is 68.3 cm³/mol. The summed E-state index contributed by atoms with van der Waals surface area (Å²) in [6, 6.07) is 7.77. The summed E-state index contributed by atoms with van der Waals surface area (Å²) in [5, 5.41) is 9.21. The van der Waals surface area contributed by atoms with Crippen molar-refractivity contribution in [2.75, 3.05) is 5.75 Å². The Labute approximate surface area is 105 Å². The monoisotopic (exact) mass is 258 g/mol. The van der Waals surface area contributed by atoms with Crippen LogP contribution < -0.4 is 0 Å². The van der Waals surface area contributed by atoms with Gasteiger partial charge in [0.05, 0.1) is 0 Å². The molecule has 0 heterocycles. The standard InChI is InChI=1S/C12H15ClO2S/c13-10-5-7-11(8-6-10)16-9-3-1-2-4-12(14)15/h5-8H,1-4,9H2,(H,14,15). The van der Waals surface area contributed by atoms with E-state index in [1.807, 2.05) is 24.3 Å². The maximum atomic E-state index is 10.3. The van der Waals surface area contributed by atoms with Crippen LogP contribution in [-0.2, 0) is 4.79 Å². The number of hydrogen-bond acceptors (Lipinski definition) is 2. The highest BCUT2D eigenvalue weighted by Crippen LogP contribution is 2.21. The number of hydrogen-bond donors (Lipinski definition) is 1. The summed E-state index contributed by atoms with van der Waals surface area (Å²) in [6.45, 7) is 0. The summed E-state index contributed by atoms with van der Waals surface area (Å²) in [5.41, 5.74) is 0. The van der Waals surface area contributed by atoms with Gasteiger partial charge in [0.25, 0.3) is 0 Å². The van der Waals surface area contributed by atoms with Crippen molar-refractivity contribution < 1.29 is 9.90 Å². The summed E-state index contributed by atoms with van der Waals surface area (Å²) >= 11 is 7.56. The van der Waals surface area contributed by atoms with Crippen LogP contribution >= 0.6 is 23.4 Å². The zero-order valence-corrected chi connectivity index (χ0v) is 10.6. The third-order valence-electron chi connectivity index (χ3n) is 2.12. The van der Waals surface area contributed by atoms with Crippen molar-refractivity contribution in [2.45, 2.75) is 30.6 Å². The second-order valence-electron chi connectivity index (χ2n) is 3.51. The molecule has 0 aliphatic rings. The largest absolute Gasteiger partial charge is 0.481 e. The molecule has 0 fully saturated rings. The van der Waals surface area contributed by atoms with Crippen LogP contribution in [0.3, 0.4) is 0 Å². The molecule has 0 aromatic heterocycles. The van der Waals surface area contributed by atoms with E-state index in [0.717, 1.165) is 30.0 Å². The number of thioether (sulfide) groups is 1. The first-order valence-corrected chi connectivity index (χ1v) is 6.65. The Morgan fingerprint density at radius 3 is 2.50 bits per heavy atom. The fraction of sp³-hybridized carbons (Fsp3) is 0.417. The molecular weight excluding hydrogens is 244 g/mol. The van der Waals surface area contributed by atoms with Gasteiger partial charge in [-0.1, -0.05) is 18.0 Å². The van der Waals surface area contributed by atoms with Gasteiger partial charge in [-0.3, -0.25) is 4.79 Å². The Morgan fingerprint density at radius 2 is 1.88 bits per heavy atom. The number of carboxylic acids is 1. The molecule has 0 saturated carbocycles. The van der Waals surface area contributed by atoms with E-state index in [9.17, 15) is 4.79 Å². The molecule has 4 heteroatoms. The first-order chi connectivity index (χ1) is 7.68. The van der Waals surface area contributed by atoms with Crippen LogP contribution in [-0.4, -0.2) is 16.8 Å². The van der Waals surface area contributed by atoms with E-state index in [0.29, 0.717) is 0 Å². The zero-order valence-electron chi connectivity index (χ0n) is 8.99. The highest BCUT2D eigenvalue weighted by Gasteiger charge is 1.97. The van der Waals surface area contributed by atoms with Crippen molar-refractivity contribution in [3.8, 4) is 0 Å². The molecule has 0 atom stereocenters. The van der Waals surface area contributed by atoms with Gasteiger partial charge in [0, 0.05) is 16.3 Å². The number of unbranched alkanes of at least 4 members (excludes halogenated alkanes) is 2. The van der Waals surface area contributed by atoms with Gasteiger partial charge in [0.1, 0.15) is 0 Å². The summed E-state index contributed by atoms with van der Waals surface area (Å²) in [6.07, 6.45) is 3.09. The smallest absolute Gasteiger partial charge is 0.303 e. The Morgan fingerprint density at radius 1 is 1.19 bits per heavy atom. The van der Waals surface area contributed by atoms with Crippen LogP contribution in [0.5, 0.6) is 0 Å². The highest BCUT2D eigenvalue weighted by atomic mass is 35.5. The lowest BCUT2D eigenvalue weighted by Crippen LogP contribution is -1.93. The van der Waals surface area contributed by atoms with Gasteiger partial charge in [-0.2, -0.15) is 0 Å². The van der Waals surface area contributed by atoms with Crippen LogP contribution in [0.4, 0.5) is 0 Å². The molecule has 88 valence electrons. The second kappa shape index (κ2) is 7.58. The minimum absolute atomic E-state index is 0.283. The minimum atomic E-state index is -0.703. The van der Waals surface area contributed by atoms with Gasteiger partial charge in [0.2, 0.25) is 0 Å². The molecule has 1 N–H and O–H groups in total. The first kappa shape index (κ1) is 13.4. The van der Waals surface area contributed by atoms with Gasteiger partial charge in [0.15, 0.2) is 0 Å². The molecule has 1 aromatic rings. The molecule has 0 unspecified atom stereocenters. The summed E-state index contributed by atoms with van der Waals surface area (Å²) < 4.78 is 0. The average molecular weight is 259 g/mol. The number of aliphatic carboxylic acids is 1. The number of halogens is 1. The molecule has 0 bridgehead atoms. The third kappa shape index (κ3) is 6.03. The molecule has 16 heavy (non-hydrogen) atoms. The summed E-state index contributed by atoms with van der Waals surface area (Å²) in [5.74, 6) is 0.326. The van der Waals surface area contributed by atoms with E-state index in [2.05, 4.69) is 0 Å². The lowest BCUT2D eigenvalue weighted by molar-refractivity contribution is -0.137. The maximum absolute atomic E-state index is 10.3. The molecule has 0 saturated heterocycles. The van der Waals surface area contributed by atoms with E-state index >= 15 is 0 Å². The predicted octanol–water partition coefficient (Wildman–Crippen LogP) is 4.08. The van der Waals surface area contributed by atoms with Crippen molar-refractivity contribution in [1.29, 1.82) is 0 Å². The Bertz CT molecular complexity index is 324. The second-order valence-corrected chi connectivity index (χ2v) is 5.11. The van der Waals surface area contributed by atoms with Crippen molar-refractivity contribution in [1.82, 2.24) is 0 Å². The molecule has 2 nitrogen and oxygen atoms in total. The quantitative estimate of drug-likeness (QED) is 0.592. The van der Waals surface area contributed by atoms with Crippen LogP contribution in [0.15, 0.2) is 29.2 Å². The van der Waals surface area contributed by atoms with Gasteiger partial charge in [-0.05, 0) is 42.9 Å². The van der Waals surface area contributed by atoms with E-state index in [1.165, 1.54) is 4.90 Å². The Kier molecular flexibility index (Phi) is 6.34. The molecular formula is C12H15ClO2S. The lowest BCUT2D eigenvalue weighted by Gasteiger charge is -2.01. The fourth-order valence-electron chi connectivity index (χ4n) is 1.28. The molecule has 0 amide bonds. The van der Waals surface area contributed by atoms with E-state index in [1.54, 1.807) is 11.8 Å². The van der Waals surface area contributed by atoms with Crippen molar-refractivity contribution in [3.63, 3.8) is 0 Å². The van der Waals surface area contributed by atoms with Crippen LogP contribution in [0, 0.1) is 0 Å². The van der Waals surface area contributed by atoms with Gasteiger partial charge in [-0.15, -0.1) is 11.8 Å². The van der Waals surface area contributed by atoms with Gasteiger partial charge < -0.3 is 5.11 Å². The van der Waals surface area contributed by atoms with E-state index < -0.39 is 5.97 Å². The van der Waals surface area contributed by atoms with Crippen molar-refractivity contribution in [2.24, 2.45) is 0 Å². The molecule has 0 spiro atoms. The van der Waals surface area contributed by atoms with Crippen molar-refractivity contribution in [3.05, 3.63) is 29.3 Å². The fourth-order valence-corrected chi connectivity index (χ4v) is 2.31. The Hall–Kier alpha value is -0.670. The van der Waals surface area contributed by atoms with Crippen molar-refractivity contribution >= 4 is 29.3 Å². The number of carboxylic acid groups (broad SMARTS) is 1. The molecule has 1 rings (SSSR count). The lowest BCUT2D eigenvalue weighted by atomic mass is 10.2. The summed E-state index contributed by atoms with van der Waals surface area (Å²) in [4.78, 5) is 11.5. The van der Waals surface area contributed by atoms with Crippen LogP contribution in [0.25, 0.3) is 0 Å². The highest BCUT2D eigenvalue weighted by molar-refractivity contribution is 7.99. The third-order valence-corrected chi connectivity index (χ3v) is 3.47. The molecule has 0 radical (unpaired) electrons. The summed E-state index contributed by atoms with van der Waals surface area (Å²) in [7, 11) is 0. The Balaban J connectivity index is 2.07. The van der Waals surface area contributed by atoms with Crippen LogP contribution in [0.2, 0.25) is 5.02 Å². The van der Waals surface area contributed by atoms with Gasteiger partial charge in [-0.25, -0.2) is 0 Å². The van der Waals surface area contributed by atoms with Gasteiger partial charge >= 0.3 is 5.97 Å². The normalized spacial score (nSPS) is 10.3. The van der Waals surface area contributed by atoms with Crippen LogP contribution in [0.1, 0.15) is 25.7 Å². The van der Waals surface area contributed by atoms with E-state index in [-0.39, 0.29) is 6.42 Å². The number of carbonyl (C=O) groups is 1. The van der Waals surface area contributed by atoms with E-state index in [4.69, 9.17) is 16.7 Å². The topological polar surface area (TPSA) is 37.3 Å². The SMILES string of the molecule is O=C(O)CCCCCSc1ccc(Cl)cc1. The average Bonchev–Trinajstić information content (AvgIpc) is 2.25. The zero-order chi connectivity index (χ0) is 11.8. The molecule has 0 aliphatic heterocycles. The number of rotatable bonds is 7.